The van der Waals surface area contributed by atoms with Gasteiger partial charge in [-0.05, 0) is 43.9 Å². The number of carbonyl (C=O) groups is 5. The summed E-state index contributed by atoms with van der Waals surface area (Å²) in [5, 5.41) is 11.3. The largest absolute Gasteiger partial charge is 0.504 e. The van der Waals surface area contributed by atoms with E-state index in [4.69, 9.17) is 9.47 Å². The molecular formula is C30H28N2O8. The van der Waals surface area contributed by atoms with Crippen molar-refractivity contribution in [2.24, 2.45) is 29.1 Å². The Kier molecular flexibility index (Phi) is 5.83. The highest BCUT2D eigenvalue weighted by molar-refractivity contribution is 6.24. The van der Waals surface area contributed by atoms with E-state index in [0.717, 1.165) is 7.11 Å². The number of allylic oxidation sites excluding steroid dienone is 2. The Morgan fingerprint density at radius 2 is 1.68 bits per heavy atom. The van der Waals surface area contributed by atoms with Crippen LogP contribution in [0.4, 0.5) is 10.5 Å². The van der Waals surface area contributed by atoms with Crippen molar-refractivity contribution in [3.63, 3.8) is 0 Å². The van der Waals surface area contributed by atoms with Crippen molar-refractivity contribution in [3.05, 3.63) is 65.7 Å². The molecular weight excluding hydrogens is 516 g/mol. The highest BCUT2D eigenvalue weighted by atomic mass is 16.5. The number of phenolic OH excluding ortho intramolecular Hbond substituents is 1. The van der Waals surface area contributed by atoms with Crippen molar-refractivity contribution in [3.8, 4) is 11.5 Å². The van der Waals surface area contributed by atoms with Gasteiger partial charge >= 0.3 is 6.09 Å². The second-order valence-corrected chi connectivity index (χ2v) is 10.9. The Balaban J connectivity index is 1.54. The number of rotatable bonds is 3. The maximum atomic E-state index is 14.3. The highest BCUT2D eigenvalue weighted by Crippen LogP contribution is 2.64. The van der Waals surface area contributed by atoms with Gasteiger partial charge in [-0.2, -0.15) is 4.90 Å². The van der Waals surface area contributed by atoms with Crippen LogP contribution in [0, 0.1) is 29.1 Å². The Labute approximate surface area is 230 Å². The number of hydrogen-bond acceptors (Lipinski definition) is 8. The standard InChI is InChI=1S/C30H28N2O8/c1-30-20(26(35)31(28(30)37)15-8-5-4-6-9-15)14-19-16(23(30)18-10-7-11-21(39-2)24(18)33)12-13-17-22(19)27(36)32(25(17)34)29(38)40-3/h4-12,17,19-20,22-23,33H,13-14H2,1-3H3. The minimum atomic E-state index is -1.31. The number of nitrogens with zero attached hydrogens (tertiary/aromatic N) is 2. The molecule has 1 saturated carbocycles. The first kappa shape index (κ1) is 25.8. The van der Waals surface area contributed by atoms with E-state index >= 15 is 0 Å². The molecule has 0 bridgehead atoms. The summed E-state index contributed by atoms with van der Waals surface area (Å²) in [6.45, 7) is 1.73. The molecule has 2 saturated heterocycles. The summed E-state index contributed by atoms with van der Waals surface area (Å²) in [5.41, 5.74) is 0.201. The quantitative estimate of drug-likeness (QED) is 0.460. The zero-order valence-corrected chi connectivity index (χ0v) is 22.2. The van der Waals surface area contributed by atoms with Gasteiger partial charge in [0.05, 0.1) is 43.1 Å². The number of aromatic hydroxyl groups is 1. The Morgan fingerprint density at radius 3 is 2.35 bits per heavy atom. The number of para-hydroxylation sites is 2. The number of phenols is 1. The van der Waals surface area contributed by atoms with E-state index in [9.17, 15) is 29.1 Å². The number of anilines is 1. The van der Waals surface area contributed by atoms with Gasteiger partial charge in [-0.3, -0.25) is 19.2 Å². The zero-order chi connectivity index (χ0) is 28.5. The number of likely N-dealkylation sites (tertiary alicyclic amines) is 1. The molecule has 2 aliphatic carbocycles. The minimum Gasteiger partial charge on any atom is -0.504 e. The van der Waals surface area contributed by atoms with Crippen molar-refractivity contribution in [1.29, 1.82) is 0 Å². The molecule has 3 fully saturated rings. The Bertz CT molecular complexity index is 1500. The minimum absolute atomic E-state index is 0.132. The number of methoxy groups -OCH3 is 2. The molecule has 4 aliphatic rings. The number of carbonyl (C=O) groups excluding carboxylic acids is 5. The average Bonchev–Trinajstić information content (AvgIpc) is 3.33. The first-order chi connectivity index (χ1) is 19.2. The third-order valence-electron chi connectivity index (χ3n) is 9.21. The number of fused-ring (bicyclic) bond motifs is 4. The number of amides is 5. The second kappa shape index (κ2) is 9.04. The summed E-state index contributed by atoms with van der Waals surface area (Å²) in [7, 11) is 2.52. The molecule has 0 aromatic heterocycles. The fraction of sp³-hybridized carbons (Fsp3) is 0.367. The molecule has 2 aromatic rings. The van der Waals surface area contributed by atoms with Crippen LogP contribution in [0.1, 0.15) is 31.2 Å². The summed E-state index contributed by atoms with van der Waals surface area (Å²) >= 11 is 0. The van der Waals surface area contributed by atoms with Crippen LogP contribution in [0.3, 0.4) is 0 Å². The Hall–Kier alpha value is -4.47. The summed E-state index contributed by atoms with van der Waals surface area (Å²) in [6, 6.07) is 13.6. The van der Waals surface area contributed by atoms with Gasteiger partial charge in [-0.1, -0.05) is 42.0 Å². The lowest BCUT2D eigenvalue weighted by Crippen LogP contribution is -2.49. The number of ether oxygens (including phenoxy) is 2. The molecule has 6 atom stereocenters. The van der Waals surface area contributed by atoms with Gasteiger partial charge in [0.15, 0.2) is 11.5 Å². The molecule has 10 heteroatoms. The van der Waals surface area contributed by atoms with Crippen LogP contribution >= 0.6 is 0 Å². The lowest BCUT2D eigenvalue weighted by atomic mass is 9.51. The van der Waals surface area contributed by atoms with Crippen molar-refractivity contribution in [1.82, 2.24) is 4.90 Å². The van der Waals surface area contributed by atoms with E-state index in [1.165, 1.54) is 12.0 Å². The second-order valence-electron chi connectivity index (χ2n) is 10.9. The molecule has 6 rings (SSSR count). The van der Waals surface area contributed by atoms with Gasteiger partial charge < -0.3 is 14.6 Å². The summed E-state index contributed by atoms with van der Waals surface area (Å²) in [4.78, 5) is 69.1. The van der Waals surface area contributed by atoms with Gasteiger partial charge in [0.25, 0.3) is 0 Å². The molecule has 2 heterocycles. The average molecular weight is 545 g/mol. The summed E-state index contributed by atoms with van der Waals surface area (Å²) in [6.07, 6.45) is 1.09. The van der Waals surface area contributed by atoms with Gasteiger partial charge in [-0.25, -0.2) is 9.69 Å². The zero-order valence-electron chi connectivity index (χ0n) is 22.2. The SMILES string of the molecule is COC(=O)N1C(=O)C2CC=C3C(CC4C(=O)N(c5ccccc5)C(=O)C4(C)C3c3cccc(OC)c3O)C2C1=O. The van der Waals surface area contributed by atoms with Crippen LogP contribution in [0.25, 0.3) is 0 Å². The van der Waals surface area contributed by atoms with Gasteiger partial charge in [0, 0.05) is 11.5 Å². The fourth-order valence-electron chi connectivity index (χ4n) is 7.39. The van der Waals surface area contributed by atoms with Gasteiger partial charge in [0.1, 0.15) is 0 Å². The van der Waals surface area contributed by atoms with E-state index in [2.05, 4.69) is 0 Å². The van der Waals surface area contributed by atoms with Gasteiger partial charge in [0.2, 0.25) is 23.6 Å². The first-order valence-corrected chi connectivity index (χ1v) is 13.1. The normalized spacial score (nSPS) is 31.0. The van der Waals surface area contributed by atoms with Crippen LogP contribution in [0.5, 0.6) is 11.5 Å². The van der Waals surface area contributed by atoms with Crippen molar-refractivity contribution < 1.29 is 38.6 Å². The highest BCUT2D eigenvalue weighted by Gasteiger charge is 2.68. The maximum absolute atomic E-state index is 14.3. The molecule has 1 N–H and O–H groups in total. The van der Waals surface area contributed by atoms with Crippen molar-refractivity contribution >= 4 is 35.4 Å². The molecule has 6 unspecified atom stereocenters. The van der Waals surface area contributed by atoms with Crippen LogP contribution < -0.4 is 9.64 Å². The predicted molar refractivity (Wildman–Crippen MR) is 140 cm³/mol. The van der Waals surface area contributed by atoms with E-state index in [1.54, 1.807) is 55.5 Å². The molecule has 0 spiro atoms. The monoisotopic (exact) mass is 544 g/mol. The molecule has 206 valence electrons. The molecule has 2 aliphatic heterocycles. The number of imide groups is 4. The molecule has 5 amide bonds. The van der Waals surface area contributed by atoms with Crippen LogP contribution in [0.2, 0.25) is 0 Å². The Morgan fingerprint density at radius 1 is 0.950 bits per heavy atom. The smallest absolute Gasteiger partial charge is 0.423 e. The molecule has 10 nitrogen and oxygen atoms in total. The summed E-state index contributed by atoms with van der Waals surface area (Å²) in [5.74, 6) is -6.05. The molecule has 0 radical (unpaired) electrons. The van der Waals surface area contributed by atoms with Crippen LogP contribution in [-0.4, -0.2) is 53.9 Å². The lowest BCUT2D eigenvalue weighted by molar-refractivity contribution is -0.138. The third-order valence-corrected chi connectivity index (χ3v) is 9.21. The maximum Gasteiger partial charge on any atom is 0.423 e. The van der Waals surface area contributed by atoms with Crippen molar-refractivity contribution in [2.75, 3.05) is 19.1 Å². The molecule has 2 aromatic carbocycles. The number of benzene rings is 2. The van der Waals surface area contributed by atoms with E-state index < -0.39 is 64.7 Å². The third kappa shape index (κ3) is 3.25. The molecule has 40 heavy (non-hydrogen) atoms. The van der Waals surface area contributed by atoms with E-state index in [0.29, 0.717) is 21.7 Å². The van der Waals surface area contributed by atoms with Crippen LogP contribution in [-0.2, 0) is 23.9 Å². The number of hydrogen-bond donors (Lipinski definition) is 1. The first-order valence-electron chi connectivity index (χ1n) is 13.1. The van der Waals surface area contributed by atoms with E-state index in [-0.39, 0.29) is 24.3 Å². The predicted octanol–water partition coefficient (Wildman–Crippen LogP) is 3.40. The van der Waals surface area contributed by atoms with Crippen LogP contribution in [0.15, 0.2) is 60.2 Å². The fourth-order valence-corrected chi connectivity index (χ4v) is 7.39. The van der Waals surface area contributed by atoms with Gasteiger partial charge in [-0.15, -0.1) is 0 Å². The van der Waals surface area contributed by atoms with Crippen molar-refractivity contribution in [2.45, 2.75) is 25.7 Å². The van der Waals surface area contributed by atoms with E-state index in [1.807, 2.05) is 6.08 Å². The lowest BCUT2D eigenvalue weighted by Gasteiger charge is -2.49. The summed E-state index contributed by atoms with van der Waals surface area (Å²) < 4.78 is 10.1. The topological polar surface area (TPSA) is 131 Å².